The second kappa shape index (κ2) is 3.82. The van der Waals surface area contributed by atoms with Gasteiger partial charge in [0, 0.05) is 23.6 Å². The predicted molar refractivity (Wildman–Crippen MR) is 64.4 cm³/mol. The maximum atomic E-state index is 13.3. The summed E-state index contributed by atoms with van der Waals surface area (Å²) >= 11 is 0. The van der Waals surface area contributed by atoms with E-state index in [1.54, 1.807) is 12.1 Å². The van der Waals surface area contributed by atoms with Crippen LogP contribution in [-0.2, 0) is 13.5 Å². The zero-order valence-corrected chi connectivity index (χ0v) is 9.70. The van der Waals surface area contributed by atoms with Gasteiger partial charge < -0.3 is 15.0 Å². The molecule has 3 nitrogen and oxygen atoms in total. The number of nitrogens with one attached hydrogen (secondary N) is 1. The lowest BCUT2D eigenvalue weighted by Crippen LogP contribution is -2.33. The van der Waals surface area contributed by atoms with Crippen molar-refractivity contribution < 1.29 is 9.50 Å². The first-order chi connectivity index (χ1) is 8.22. The molecule has 1 aliphatic rings. The summed E-state index contributed by atoms with van der Waals surface area (Å²) in [5, 5.41) is 13.6. The van der Waals surface area contributed by atoms with Crippen molar-refractivity contribution in [2.75, 3.05) is 13.2 Å². The van der Waals surface area contributed by atoms with E-state index in [0.717, 1.165) is 29.6 Å². The fourth-order valence-electron chi connectivity index (χ4n) is 2.84. The zero-order chi connectivity index (χ0) is 12.0. The first-order valence-corrected chi connectivity index (χ1v) is 5.83. The first kappa shape index (κ1) is 10.7. The fraction of sp³-hybridized carbons (Fsp3) is 0.385. The van der Waals surface area contributed by atoms with Gasteiger partial charge in [-0.25, -0.2) is 4.39 Å². The van der Waals surface area contributed by atoms with Gasteiger partial charge in [-0.15, -0.1) is 0 Å². The van der Waals surface area contributed by atoms with E-state index in [4.69, 9.17) is 0 Å². The molecule has 0 saturated carbocycles. The molecule has 1 aromatic heterocycles. The maximum Gasteiger partial charge on any atom is 0.123 e. The maximum absolute atomic E-state index is 13.3. The van der Waals surface area contributed by atoms with E-state index in [1.807, 2.05) is 7.05 Å². The summed E-state index contributed by atoms with van der Waals surface area (Å²) < 4.78 is 15.4. The van der Waals surface area contributed by atoms with Crippen molar-refractivity contribution in [3.05, 3.63) is 35.3 Å². The number of hydrogen-bond acceptors (Lipinski definition) is 2. The van der Waals surface area contributed by atoms with Crippen molar-refractivity contribution in [2.24, 2.45) is 7.05 Å². The monoisotopic (exact) mass is 234 g/mol. The SMILES string of the molecule is Cn1c2c(c3cc(F)ccc31)CCNC2CO. The van der Waals surface area contributed by atoms with Crippen LogP contribution in [0.4, 0.5) is 4.39 Å². The molecule has 1 unspecified atom stereocenters. The van der Waals surface area contributed by atoms with Gasteiger partial charge in [0.1, 0.15) is 5.82 Å². The molecule has 0 bridgehead atoms. The first-order valence-electron chi connectivity index (χ1n) is 5.83. The quantitative estimate of drug-likeness (QED) is 0.784. The Morgan fingerprint density at radius 3 is 3.12 bits per heavy atom. The highest BCUT2D eigenvalue weighted by Crippen LogP contribution is 2.32. The second-order valence-electron chi connectivity index (χ2n) is 4.52. The Hall–Kier alpha value is -1.39. The summed E-state index contributed by atoms with van der Waals surface area (Å²) in [5.41, 5.74) is 3.28. The Morgan fingerprint density at radius 1 is 1.53 bits per heavy atom. The lowest BCUT2D eigenvalue weighted by Gasteiger charge is -2.24. The van der Waals surface area contributed by atoms with Gasteiger partial charge in [0.05, 0.1) is 12.6 Å². The van der Waals surface area contributed by atoms with E-state index < -0.39 is 0 Å². The van der Waals surface area contributed by atoms with Gasteiger partial charge in [0.15, 0.2) is 0 Å². The van der Waals surface area contributed by atoms with Crippen LogP contribution in [0.25, 0.3) is 10.9 Å². The van der Waals surface area contributed by atoms with Crippen LogP contribution in [-0.4, -0.2) is 22.8 Å². The van der Waals surface area contributed by atoms with Crippen molar-refractivity contribution in [2.45, 2.75) is 12.5 Å². The van der Waals surface area contributed by atoms with Gasteiger partial charge in [-0.05, 0) is 36.7 Å². The molecule has 90 valence electrons. The molecule has 2 aromatic rings. The predicted octanol–water partition coefficient (Wildman–Crippen LogP) is 1.50. The summed E-state index contributed by atoms with van der Waals surface area (Å²) in [6, 6.07) is 4.83. The minimum absolute atomic E-state index is 0.0424. The van der Waals surface area contributed by atoms with Crippen LogP contribution in [0.1, 0.15) is 17.3 Å². The largest absolute Gasteiger partial charge is 0.394 e. The number of aryl methyl sites for hydroxylation is 1. The molecule has 4 heteroatoms. The molecule has 2 N–H and O–H groups in total. The number of aliphatic hydroxyl groups is 1. The normalized spacial score (nSPS) is 19.6. The molecule has 0 amide bonds. The highest BCUT2D eigenvalue weighted by atomic mass is 19.1. The standard InChI is InChI=1S/C13H15FN2O/c1-16-12-3-2-8(14)6-10(12)9-4-5-15-11(7-17)13(9)16/h2-3,6,11,15,17H,4-5,7H2,1H3. The highest BCUT2D eigenvalue weighted by Gasteiger charge is 2.25. The van der Waals surface area contributed by atoms with E-state index in [9.17, 15) is 9.50 Å². The molecule has 17 heavy (non-hydrogen) atoms. The summed E-state index contributed by atoms with van der Waals surface area (Å²) in [4.78, 5) is 0. The van der Waals surface area contributed by atoms with Crippen molar-refractivity contribution in [1.82, 2.24) is 9.88 Å². The minimum atomic E-state index is -0.204. The van der Waals surface area contributed by atoms with E-state index in [2.05, 4.69) is 9.88 Å². The number of halogens is 1. The topological polar surface area (TPSA) is 37.2 Å². The lowest BCUT2D eigenvalue weighted by atomic mass is 9.99. The molecule has 0 saturated heterocycles. The zero-order valence-electron chi connectivity index (χ0n) is 9.70. The Bertz CT molecular complexity index is 576. The Labute approximate surface area is 98.9 Å². The molecule has 1 aromatic carbocycles. The van der Waals surface area contributed by atoms with Crippen molar-refractivity contribution in [3.8, 4) is 0 Å². The molecule has 0 spiro atoms. The van der Waals surface area contributed by atoms with Gasteiger partial charge in [-0.3, -0.25) is 0 Å². The smallest absolute Gasteiger partial charge is 0.123 e. The van der Waals surface area contributed by atoms with E-state index in [-0.39, 0.29) is 18.5 Å². The number of hydrogen-bond donors (Lipinski definition) is 2. The number of aliphatic hydroxyl groups excluding tert-OH is 1. The van der Waals surface area contributed by atoms with E-state index in [1.165, 1.54) is 11.6 Å². The highest BCUT2D eigenvalue weighted by molar-refractivity contribution is 5.86. The lowest BCUT2D eigenvalue weighted by molar-refractivity contribution is 0.235. The average molecular weight is 234 g/mol. The summed E-state index contributed by atoms with van der Waals surface area (Å²) in [5.74, 6) is -0.204. The second-order valence-corrected chi connectivity index (χ2v) is 4.52. The van der Waals surface area contributed by atoms with Crippen LogP contribution in [0.5, 0.6) is 0 Å². The van der Waals surface area contributed by atoms with Crippen LogP contribution in [0.2, 0.25) is 0 Å². The minimum Gasteiger partial charge on any atom is -0.394 e. The Kier molecular flexibility index (Phi) is 2.42. The molecule has 0 aliphatic carbocycles. The Morgan fingerprint density at radius 2 is 2.35 bits per heavy atom. The molecular formula is C13H15FN2O. The fourth-order valence-corrected chi connectivity index (χ4v) is 2.84. The van der Waals surface area contributed by atoms with Crippen LogP contribution in [0.15, 0.2) is 18.2 Å². The van der Waals surface area contributed by atoms with Crippen LogP contribution in [0, 0.1) is 5.82 Å². The molecule has 1 aliphatic heterocycles. The van der Waals surface area contributed by atoms with Crippen LogP contribution >= 0.6 is 0 Å². The van der Waals surface area contributed by atoms with Crippen molar-refractivity contribution in [1.29, 1.82) is 0 Å². The molecule has 2 heterocycles. The van der Waals surface area contributed by atoms with Crippen molar-refractivity contribution in [3.63, 3.8) is 0 Å². The number of rotatable bonds is 1. The molecule has 3 rings (SSSR count). The average Bonchev–Trinajstić information content (AvgIpc) is 2.63. The van der Waals surface area contributed by atoms with Gasteiger partial charge in [0.25, 0.3) is 0 Å². The number of fused-ring (bicyclic) bond motifs is 3. The van der Waals surface area contributed by atoms with E-state index >= 15 is 0 Å². The third-order valence-electron chi connectivity index (χ3n) is 3.59. The number of nitrogens with zero attached hydrogens (tertiary/aromatic N) is 1. The van der Waals surface area contributed by atoms with Crippen molar-refractivity contribution >= 4 is 10.9 Å². The van der Waals surface area contributed by atoms with Gasteiger partial charge in [0.2, 0.25) is 0 Å². The number of benzene rings is 1. The van der Waals surface area contributed by atoms with Crippen LogP contribution < -0.4 is 5.32 Å². The molecule has 0 radical (unpaired) electrons. The van der Waals surface area contributed by atoms with Gasteiger partial charge in [-0.1, -0.05) is 0 Å². The Balaban J connectivity index is 2.33. The molecular weight excluding hydrogens is 219 g/mol. The summed E-state index contributed by atoms with van der Waals surface area (Å²) in [6.45, 7) is 0.896. The molecule has 1 atom stereocenters. The summed E-state index contributed by atoms with van der Waals surface area (Å²) in [6.07, 6.45) is 0.882. The van der Waals surface area contributed by atoms with E-state index in [0.29, 0.717) is 0 Å². The summed E-state index contributed by atoms with van der Waals surface area (Å²) in [7, 11) is 1.97. The third-order valence-corrected chi connectivity index (χ3v) is 3.59. The number of aromatic nitrogens is 1. The third kappa shape index (κ3) is 1.48. The molecule has 0 fully saturated rings. The van der Waals surface area contributed by atoms with Gasteiger partial charge in [-0.2, -0.15) is 0 Å². The van der Waals surface area contributed by atoms with Gasteiger partial charge >= 0.3 is 0 Å². The van der Waals surface area contributed by atoms with Crippen LogP contribution in [0.3, 0.4) is 0 Å².